The van der Waals surface area contributed by atoms with Crippen LogP contribution in [0.2, 0.25) is 5.02 Å². The van der Waals surface area contributed by atoms with Crippen LogP contribution in [0.3, 0.4) is 0 Å². The van der Waals surface area contributed by atoms with Gasteiger partial charge in [-0.25, -0.2) is 0 Å². The number of likely N-dealkylation sites (tertiary alicyclic amines) is 1. The van der Waals surface area contributed by atoms with Crippen LogP contribution in [-0.4, -0.2) is 37.1 Å². The van der Waals surface area contributed by atoms with Gasteiger partial charge in [0, 0.05) is 23.5 Å². The third-order valence-electron chi connectivity index (χ3n) is 5.66. The third-order valence-corrected chi connectivity index (χ3v) is 5.90. The van der Waals surface area contributed by atoms with Crippen molar-refractivity contribution in [1.82, 2.24) is 10.2 Å². The molecule has 2 nitrogen and oxygen atoms in total. The Morgan fingerprint density at radius 2 is 2.00 bits per heavy atom. The maximum Gasteiger partial charge on any atom is 0.0408 e. The number of nitrogens with zero attached hydrogens (tertiary/aromatic N) is 1. The number of benzene rings is 1. The summed E-state index contributed by atoms with van der Waals surface area (Å²) in [5, 5.41) is 4.47. The van der Waals surface area contributed by atoms with Crippen LogP contribution in [0.5, 0.6) is 0 Å². The summed E-state index contributed by atoms with van der Waals surface area (Å²) in [6, 6.07) is 9.20. The topological polar surface area (TPSA) is 15.3 Å². The van der Waals surface area contributed by atoms with Gasteiger partial charge in [-0.15, -0.1) is 0 Å². The zero-order chi connectivity index (χ0) is 14.9. The lowest BCUT2D eigenvalue weighted by Crippen LogP contribution is -2.51. The fourth-order valence-corrected chi connectivity index (χ4v) is 4.45. The fourth-order valence-electron chi connectivity index (χ4n) is 4.25. The van der Waals surface area contributed by atoms with Crippen molar-refractivity contribution in [2.45, 2.75) is 45.1 Å². The van der Waals surface area contributed by atoms with Crippen molar-refractivity contribution in [2.75, 3.05) is 26.2 Å². The first-order valence-corrected chi connectivity index (χ1v) is 8.69. The Morgan fingerprint density at radius 1 is 1.24 bits per heavy atom. The minimum absolute atomic E-state index is 0.474. The molecule has 2 heterocycles. The van der Waals surface area contributed by atoms with Crippen LogP contribution in [0.15, 0.2) is 24.3 Å². The van der Waals surface area contributed by atoms with E-state index in [4.69, 9.17) is 11.6 Å². The number of hydrogen-bond donors (Lipinski definition) is 1. The highest BCUT2D eigenvalue weighted by Crippen LogP contribution is 2.48. The highest BCUT2D eigenvalue weighted by atomic mass is 35.5. The molecule has 0 aliphatic carbocycles. The van der Waals surface area contributed by atoms with Crippen molar-refractivity contribution in [1.29, 1.82) is 0 Å². The minimum Gasteiger partial charge on any atom is -0.316 e. The lowest BCUT2D eigenvalue weighted by molar-refractivity contribution is 0.0406. The van der Waals surface area contributed by atoms with Crippen molar-refractivity contribution >= 4 is 11.6 Å². The molecule has 21 heavy (non-hydrogen) atoms. The molecule has 1 atom stereocenters. The zero-order valence-electron chi connectivity index (χ0n) is 13.2. The summed E-state index contributed by atoms with van der Waals surface area (Å²) in [5.41, 5.74) is 1.90. The predicted molar refractivity (Wildman–Crippen MR) is 90.1 cm³/mol. The summed E-state index contributed by atoms with van der Waals surface area (Å²) >= 11 is 6.23. The molecule has 0 radical (unpaired) electrons. The molecule has 2 aliphatic rings. The first-order chi connectivity index (χ1) is 10.1. The van der Waals surface area contributed by atoms with E-state index in [1.165, 1.54) is 44.5 Å². The van der Waals surface area contributed by atoms with Gasteiger partial charge in [-0.1, -0.05) is 23.7 Å². The second-order valence-electron chi connectivity index (χ2n) is 7.05. The highest BCUT2D eigenvalue weighted by molar-refractivity contribution is 6.30. The molecule has 0 bridgehead atoms. The Labute approximate surface area is 133 Å². The van der Waals surface area contributed by atoms with Crippen molar-refractivity contribution in [2.24, 2.45) is 5.41 Å². The van der Waals surface area contributed by atoms with Crippen LogP contribution in [-0.2, 0) is 0 Å². The van der Waals surface area contributed by atoms with E-state index < -0.39 is 0 Å². The van der Waals surface area contributed by atoms with Crippen LogP contribution in [0.25, 0.3) is 0 Å². The Kier molecular flexibility index (Phi) is 4.58. The molecule has 3 heteroatoms. The Morgan fingerprint density at radius 3 is 2.67 bits per heavy atom. The van der Waals surface area contributed by atoms with E-state index in [0.29, 0.717) is 17.4 Å². The van der Waals surface area contributed by atoms with E-state index in [1.54, 1.807) is 0 Å². The van der Waals surface area contributed by atoms with Gasteiger partial charge in [0.05, 0.1) is 0 Å². The molecule has 0 amide bonds. The summed E-state index contributed by atoms with van der Waals surface area (Å²) in [6.45, 7) is 9.38. The smallest absolute Gasteiger partial charge is 0.0408 e. The summed E-state index contributed by atoms with van der Waals surface area (Å²) in [6.07, 6.45) is 3.95. The van der Waals surface area contributed by atoms with Gasteiger partial charge in [0.2, 0.25) is 0 Å². The molecule has 2 fully saturated rings. The third kappa shape index (κ3) is 3.13. The van der Waals surface area contributed by atoms with Gasteiger partial charge >= 0.3 is 0 Å². The first kappa shape index (κ1) is 15.3. The quantitative estimate of drug-likeness (QED) is 0.891. The molecule has 1 N–H and O–H groups in total. The van der Waals surface area contributed by atoms with Crippen LogP contribution in [0.1, 0.15) is 44.6 Å². The van der Waals surface area contributed by atoms with E-state index in [0.717, 1.165) is 11.6 Å². The average molecular weight is 307 g/mol. The second kappa shape index (κ2) is 6.28. The Bertz CT molecular complexity index is 478. The van der Waals surface area contributed by atoms with Crippen LogP contribution >= 0.6 is 11.6 Å². The predicted octanol–water partition coefficient (Wildman–Crippen LogP) is 3.91. The lowest BCUT2D eigenvalue weighted by Gasteiger charge is -2.50. The number of piperidine rings is 2. The molecule has 1 unspecified atom stereocenters. The van der Waals surface area contributed by atoms with E-state index in [9.17, 15) is 0 Å². The molecule has 3 rings (SSSR count). The Hall–Kier alpha value is -0.570. The molecular weight excluding hydrogens is 280 g/mol. The van der Waals surface area contributed by atoms with Crippen LogP contribution in [0.4, 0.5) is 0 Å². The fraction of sp³-hybridized carbons (Fsp3) is 0.667. The highest BCUT2D eigenvalue weighted by Gasteiger charge is 2.43. The van der Waals surface area contributed by atoms with Gasteiger partial charge < -0.3 is 10.2 Å². The monoisotopic (exact) mass is 306 g/mol. The van der Waals surface area contributed by atoms with E-state index in [-0.39, 0.29) is 0 Å². The van der Waals surface area contributed by atoms with Crippen molar-refractivity contribution in [3.8, 4) is 0 Å². The molecule has 0 saturated carbocycles. The molecule has 1 aromatic rings. The average Bonchev–Trinajstić information content (AvgIpc) is 2.48. The molecule has 2 saturated heterocycles. The lowest BCUT2D eigenvalue weighted by atomic mass is 9.62. The standard InChI is InChI=1S/C18H27ClN2/c1-14(2)21-10-7-18(8-11-21)6-9-20-13-17(18)15-4-3-5-16(19)12-15/h3-5,12,14,17,20H,6-11,13H2,1-2H3. The normalized spacial score (nSPS) is 26.4. The van der Waals surface area contributed by atoms with Gasteiger partial charge in [0.25, 0.3) is 0 Å². The summed E-state index contributed by atoms with van der Waals surface area (Å²) < 4.78 is 0. The summed E-state index contributed by atoms with van der Waals surface area (Å²) in [7, 11) is 0. The minimum atomic E-state index is 0.474. The van der Waals surface area contributed by atoms with Crippen LogP contribution in [0, 0.1) is 5.41 Å². The number of nitrogens with one attached hydrogen (secondary N) is 1. The SMILES string of the molecule is CC(C)N1CCC2(CCNCC2c2cccc(Cl)c2)CC1. The van der Waals surface area contributed by atoms with Crippen molar-refractivity contribution in [3.63, 3.8) is 0 Å². The van der Waals surface area contributed by atoms with E-state index >= 15 is 0 Å². The number of hydrogen-bond acceptors (Lipinski definition) is 2. The summed E-state index contributed by atoms with van der Waals surface area (Å²) in [4.78, 5) is 2.63. The van der Waals surface area contributed by atoms with Crippen molar-refractivity contribution < 1.29 is 0 Å². The Balaban J connectivity index is 1.82. The second-order valence-corrected chi connectivity index (χ2v) is 7.49. The maximum absolute atomic E-state index is 6.23. The van der Waals surface area contributed by atoms with Gasteiger partial charge in [-0.2, -0.15) is 0 Å². The molecule has 0 aromatic heterocycles. The van der Waals surface area contributed by atoms with E-state index in [2.05, 4.69) is 42.3 Å². The molecule has 1 aromatic carbocycles. The van der Waals surface area contributed by atoms with Gasteiger partial charge in [0.15, 0.2) is 0 Å². The molecular formula is C18H27ClN2. The molecule has 1 spiro atoms. The van der Waals surface area contributed by atoms with Crippen LogP contribution < -0.4 is 5.32 Å². The molecule has 2 aliphatic heterocycles. The largest absolute Gasteiger partial charge is 0.316 e. The number of halogens is 1. The van der Waals surface area contributed by atoms with Crippen molar-refractivity contribution in [3.05, 3.63) is 34.9 Å². The zero-order valence-corrected chi connectivity index (χ0v) is 14.0. The number of rotatable bonds is 2. The maximum atomic E-state index is 6.23. The van der Waals surface area contributed by atoms with Gasteiger partial charge in [-0.05, 0) is 75.9 Å². The summed E-state index contributed by atoms with van der Waals surface area (Å²) in [5.74, 6) is 0.610. The van der Waals surface area contributed by atoms with Gasteiger partial charge in [-0.3, -0.25) is 0 Å². The molecule has 116 valence electrons. The van der Waals surface area contributed by atoms with Gasteiger partial charge in [0.1, 0.15) is 0 Å². The van der Waals surface area contributed by atoms with E-state index in [1.807, 2.05) is 6.07 Å². The first-order valence-electron chi connectivity index (χ1n) is 8.31.